The third kappa shape index (κ3) is 3.94. The van der Waals surface area contributed by atoms with Gasteiger partial charge in [-0.1, -0.05) is 19.8 Å². The largest absolute Gasteiger partial charge is 0.480 e. The lowest BCUT2D eigenvalue weighted by Gasteiger charge is -2.14. The minimum absolute atomic E-state index is 0.379. The number of nitrogens with zero attached hydrogens (tertiary/aromatic N) is 2. The second-order valence-electron chi connectivity index (χ2n) is 5.00. The fourth-order valence-electron chi connectivity index (χ4n) is 2.09. The van der Waals surface area contributed by atoms with Gasteiger partial charge < -0.3 is 10.4 Å². The molecule has 0 aliphatic carbocycles. The smallest absolute Gasteiger partial charge is 0.326 e. The van der Waals surface area contributed by atoms with Crippen LogP contribution in [0, 0.1) is 0 Å². The van der Waals surface area contributed by atoms with Crippen molar-refractivity contribution in [3.8, 4) is 5.69 Å². The standard InChI is InChI=1S/C16H19N3O3/c1-2-3-5-14(16(21)22)18-15(20)12-6-8-13(9-7-12)19-11-4-10-17-19/h4,6-11,14H,2-3,5H2,1H3,(H,18,20)(H,21,22)/t14-/m0/s1. The van der Waals surface area contributed by atoms with Crippen molar-refractivity contribution in [1.29, 1.82) is 0 Å². The van der Waals surface area contributed by atoms with Gasteiger partial charge in [0.05, 0.1) is 5.69 Å². The number of carboxylic acids is 1. The Morgan fingerprint density at radius 3 is 2.59 bits per heavy atom. The van der Waals surface area contributed by atoms with Crippen molar-refractivity contribution in [2.45, 2.75) is 32.2 Å². The lowest BCUT2D eigenvalue weighted by molar-refractivity contribution is -0.139. The topological polar surface area (TPSA) is 84.2 Å². The second kappa shape index (κ2) is 7.40. The number of hydrogen-bond acceptors (Lipinski definition) is 3. The van der Waals surface area contributed by atoms with Crippen molar-refractivity contribution in [3.05, 3.63) is 48.3 Å². The predicted molar refractivity (Wildman–Crippen MR) is 82.0 cm³/mol. The average Bonchev–Trinajstić information content (AvgIpc) is 3.05. The zero-order chi connectivity index (χ0) is 15.9. The first-order valence-electron chi connectivity index (χ1n) is 7.25. The van der Waals surface area contributed by atoms with Crippen LogP contribution in [-0.2, 0) is 4.79 Å². The summed E-state index contributed by atoms with van der Waals surface area (Å²) in [7, 11) is 0. The van der Waals surface area contributed by atoms with Crippen LogP contribution in [-0.4, -0.2) is 32.8 Å². The number of benzene rings is 1. The first kappa shape index (κ1) is 15.8. The van der Waals surface area contributed by atoms with Gasteiger partial charge in [0.2, 0.25) is 0 Å². The predicted octanol–water partition coefficient (Wildman–Crippen LogP) is 2.25. The molecule has 0 bridgehead atoms. The molecule has 1 aromatic heterocycles. The van der Waals surface area contributed by atoms with Crippen molar-refractivity contribution >= 4 is 11.9 Å². The van der Waals surface area contributed by atoms with Crippen LogP contribution in [0.5, 0.6) is 0 Å². The van der Waals surface area contributed by atoms with Crippen LogP contribution in [0.3, 0.4) is 0 Å². The number of nitrogens with one attached hydrogen (secondary N) is 1. The lowest BCUT2D eigenvalue weighted by atomic mass is 10.1. The van der Waals surface area contributed by atoms with Gasteiger partial charge in [0.25, 0.3) is 5.91 Å². The van der Waals surface area contributed by atoms with E-state index in [1.165, 1.54) is 0 Å². The second-order valence-corrected chi connectivity index (χ2v) is 5.00. The van der Waals surface area contributed by atoms with Gasteiger partial charge in [-0.25, -0.2) is 9.48 Å². The van der Waals surface area contributed by atoms with Gasteiger partial charge in [0.1, 0.15) is 6.04 Å². The summed E-state index contributed by atoms with van der Waals surface area (Å²) in [6.45, 7) is 1.98. The number of carbonyl (C=O) groups excluding carboxylic acids is 1. The molecule has 6 heteroatoms. The molecular weight excluding hydrogens is 282 g/mol. The summed E-state index contributed by atoms with van der Waals surface area (Å²) in [6.07, 6.45) is 5.56. The Labute approximate surface area is 128 Å². The van der Waals surface area contributed by atoms with Crippen molar-refractivity contribution in [2.75, 3.05) is 0 Å². The number of aliphatic carboxylic acids is 1. The highest BCUT2D eigenvalue weighted by atomic mass is 16.4. The van der Waals surface area contributed by atoms with Crippen LogP contribution in [0.4, 0.5) is 0 Å². The Morgan fingerprint density at radius 2 is 2.05 bits per heavy atom. The first-order chi connectivity index (χ1) is 10.6. The molecule has 2 N–H and O–H groups in total. The molecule has 0 unspecified atom stereocenters. The van der Waals surface area contributed by atoms with Gasteiger partial charge in [-0.05, 0) is 36.8 Å². The minimum atomic E-state index is -1.00. The van der Waals surface area contributed by atoms with Crippen LogP contribution in [0.25, 0.3) is 5.69 Å². The molecule has 22 heavy (non-hydrogen) atoms. The molecule has 0 radical (unpaired) electrons. The van der Waals surface area contributed by atoms with Gasteiger partial charge >= 0.3 is 5.97 Å². The van der Waals surface area contributed by atoms with Crippen molar-refractivity contribution in [3.63, 3.8) is 0 Å². The summed E-state index contributed by atoms with van der Waals surface area (Å²) in [4.78, 5) is 23.3. The molecule has 0 aliphatic heterocycles. The number of amides is 1. The van der Waals surface area contributed by atoms with Crippen molar-refractivity contribution in [2.24, 2.45) is 0 Å². The Balaban J connectivity index is 2.04. The first-order valence-corrected chi connectivity index (χ1v) is 7.25. The van der Waals surface area contributed by atoms with E-state index in [-0.39, 0.29) is 5.91 Å². The lowest BCUT2D eigenvalue weighted by Crippen LogP contribution is -2.40. The van der Waals surface area contributed by atoms with E-state index < -0.39 is 12.0 Å². The van der Waals surface area contributed by atoms with E-state index in [2.05, 4.69) is 10.4 Å². The molecule has 0 fully saturated rings. The van der Waals surface area contributed by atoms with Crippen LogP contribution >= 0.6 is 0 Å². The molecule has 0 saturated carbocycles. The maximum absolute atomic E-state index is 12.1. The van der Waals surface area contributed by atoms with E-state index in [4.69, 9.17) is 5.11 Å². The number of unbranched alkanes of at least 4 members (excludes halogenated alkanes) is 1. The highest BCUT2D eigenvalue weighted by Crippen LogP contribution is 2.09. The van der Waals surface area contributed by atoms with Gasteiger partial charge in [0.15, 0.2) is 0 Å². The van der Waals surface area contributed by atoms with Crippen LogP contribution in [0.2, 0.25) is 0 Å². The number of carbonyl (C=O) groups is 2. The van der Waals surface area contributed by atoms with Crippen LogP contribution < -0.4 is 5.32 Å². The molecule has 0 spiro atoms. The third-order valence-corrected chi connectivity index (χ3v) is 3.35. The average molecular weight is 301 g/mol. The summed E-state index contributed by atoms with van der Waals surface area (Å²) in [5, 5.41) is 15.8. The van der Waals surface area contributed by atoms with E-state index in [0.717, 1.165) is 18.5 Å². The summed E-state index contributed by atoms with van der Waals surface area (Å²) in [5.74, 6) is -1.38. The van der Waals surface area contributed by atoms with Gasteiger partial charge in [0, 0.05) is 18.0 Å². The fourth-order valence-corrected chi connectivity index (χ4v) is 2.09. The maximum atomic E-state index is 12.1. The zero-order valence-corrected chi connectivity index (χ0v) is 12.4. The van der Waals surface area contributed by atoms with E-state index in [9.17, 15) is 9.59 Å². The Kier molecular flexibility index (Phi) is 5.30. The summed E-state index contributed by atoms with van der Waals surface area (Å²) < 4.78 is 1.68. The Hall–Kier alpha value is -2.63. The highest BCUT2D eigenvalue weighted by Gasteiger charge is 2.19. The monoisotopic (exact) mass is 301 g/mol. The van der Waals surface area contributed by atoms with E-state index >= 15 is 0 Å². The van der Waals surface area contributed by atoms with E-state index in [0.29, 0.717) is 12.0 Å². The number of aromatic nitrogens is 2. The number of carboxylic acid groups (broad SMARTS) is 1. The normalized spacial score (nSPS) is 11.9. The SMILES string of the molecule is CCCC[C@H](NC(=O)c1ccc(-n2cccn2)cc1)C(=O)O. The van der Waals surface area contributed by atoms with Gasteiger partial charge in [-0.2, -0.15) is 5.10 Å². The van der Waals surface area contributed by atoms with E-state index in [1.807, 2.05) is 13.0 Å². The Morgan fingerprint density at radius 1 is 1.32 bits per heavy atom. The molecule has 1 aromatic carbocycles. The molecule has 0 saturated heterocycles. The molecule has 116 valence electrons. The third-order valence-electron chi connectivity index (χ3n) is 3.35. The highest BCUT2D eigenvalue weighted by molar-refractivity contribution is 5.96. The molecule has 2 aromatic rings. The molecule has 1 heterocycles. The molecule has 2 rings (SSSR count). The molecule has 0 aliphatic rings. The summed E-state index contributed by atoms with van der Waals surface area (Å²) in [6, 6.07) is 7.81. The van der Waals surface area contributed by atoms with Crippen molar-refractivity contribution < 1.29 is 14.7 Å². The quantitative estimate of drug-likeness (QED) is 0.821. The van der Waals surface area contributed by atoms with Gasteiger partial charge in [-0.15, -0.1) is 0 Å². The molecule has 6 nitrogen and oxygen atoms in total. The molecule has 1 amide bonds. The fraction of sp³-hybridized carbons (Fsp3) is 0.312. The van der Waals surface area contributed by atoms with Crippen LogP contribution in [0.15, 0.2) is 42.7 Å². The molecular formula is C16H19N3O3. The number of hydrogen-bond donors (Lipinski definition) is 2. The molecule has 1 atom stereocenters. The minimum Gasteiger partial charge on any atom is -0.480 e. The number of rotatable bonds is 7. The Bertz CT molecular complexity index is 621. The summed E-state index contributed by atoms with van der Waals surface area (Å²) >= 11 is 0. The zero-order valence-electron chi connectivity index (χ0n) is 12.4. The van der Waals surface area contributed by atoms with Gasteiger partial charge in [-0.3, -0.25) is 4.79 Å². The maximum Gasteiger partial charge on any atom is 0.326 e. The van der Waals surface area contributed by atoms with Crippen LogP contribution in [0.1, 0.15) is 36.5 Å². The van der Waals surface area contributed by atoms with Crippen molar-refractivity contribution in [1.82, 2.24) is 15.1 Å². The summed E-state index contributed by atoms with van der Waals surface area (Å²) in [5.41, 5.74) is 1.26. The van der Waals surface area contributed by atoms with E-state index in [1.54, 1.807) is 41.3 Å².